The summed E-state index contributed by atoms with van der Waals surface area (Å²) in [6.45, 7) is 2.05. The molecule has 0 amide bonds. The van der Waals surface area contributed by atoms with E-state index < -0.39 is 5.97 Å². The quantitative estimate of drug-likeness (QED) is 0.362. The number of aliphatic carboxylic acids is 1. The molecule has 0 radical (unpaired) electrons. The smallest absolute Gasteiger partial charge is 0.331 e. The first-order valence-corrected chi connectivity index (χ1v) is 11.3. The Labute approximate surface area is 200 Å². The number of carboxylic acids is 1. The lowest BCUT2D eigenvalue weighted by Crippen LogP contribution is -2.30. The van der Waals surface area contributed by atoms with E-state index in [1.54, 1.807) is 20.3 Å². The van der Waals surface area contributed by atoms with E-state index in [0.717, 1.165) is 51.5 Å². The molecule has 0 heterocycles. The van der Waals surface area contributed by atoms with E-state index in [9.17, 15) is 9.90 Å². The molecule has 0 aliphatic carbocycles. The van der Waals surface area contributed by atoms with Crippen LogP contribution in [0.2, 0.25) is 0 Å². The van der Waals surface area contributed by atoms with Gasteiger partial charge in [0.05, 0.1) is 14.2 Å². The number of rotatable bonds is 9. The Morgan fingerprint density at radius 2 is 1.38 bits per heavy atom. The van der Waals surface area contributed by atoms with Gasteiger partial charge in [0, 0.05) is 16.5 Å². The van der Waals surface area contributed by atoms with Crippen LogP contribution in [0, 0.1) is 0 Å². The molecule has 0 aromatic heterocycles. The number of ether oxygens (including phenoxy) is 2. The van der Waals surface area contributed by atoms with Crippen molar-refractivity contribution in [2.75, 3.05) is 20.0 Å². The van der Waals surface area contributed by atoms with Crippen molar-refractivity contribution in [3.05, 3.63) is 93.4 Å². The number of methoxy groups -OCH3 is 2. The molecule has 5 nitrogen and oxygen atoms in total. The van der Waals surface area contributed by atoms with Crippen LogP contribution in [0.4, 0.5) is 5.69 Å². The number of carbonyl (C=O) groups is 1. The van der Waals surface area contributed by atoms with E-state index in [1.807, 2.05) is 79.7 Å². The van der Waals surface area contributed by atoms with Crippen molar-refractivity contribution < 1.29 is 19.4 Å². The Bertz CT molecular complexity index is 1270. The number of benzene rings is 3. The summed E-state index contributed by atoms with van der Waals surface area (Å²) >= 11 is 0. The maximum absolute atomic E-state index is 11.9. The number of hydrogen-bond acceptors (Lipinski definition) is 4. The first-order valence-electron chi connectivity index (χ1n) is 11.3. The van der Waals surface area contributed by atoms with E-state index >= 15 is 0 Å². The fraction of sp³-hybridized carbons (Fsp3) is 0.207. The second kappa shape index (κ2) is 11.8. The standard InChI is InChI=1S/C29H31NO4/c1-4-5-6-23(29(31)32)19-22-11-16-28(30)27(18-21-9-14-25(34-3)15-10-21)26(22)17-20-7-12-24(33-2)13-8-20/h7-19H,4-6,30H2,1-3H3,(H,31,32). The van der Waals surface area contributed by atoms with Gasteiger partial charge in [0.25, 0.3) is 0 Å². The SMILES string of the molecule is CCCCC(=Cc1ccc(N)c(=Cc2ccc(OC)cc2)c1=Cc1ccc(OC)cc1)C(=O)O. The topological polar surface area (TPSA) is 81.8 Å². The molecule has 0 bridgehead atoms. The molecule has 0 fully saturated rings. The summed E-state index contributed by atoms with van der Waals surface area (Å²) in [5.41, 5.74) is 10.1. The molecule has 0 atom stereocenters. The number of unbranched alkanes of at least 4 members (excludes halogenated alkanes) is 1. The molecule has 0 spiro atoms. The van der Waals surface area contributed by atoms with Crippen molar-refractivity contribution in [2.24, 2.45) is 0 Å². The van der Waals surface area contributed by atoms with Gasteiger partial charge in [-0.1, -0.05) is 43.7 Å². The first-order chi connectivity index (χ1) is 16.4. The third-order valence-electron chi connectivity index (χ3n) is 5.61. The van der Waals surface area contributed by atoms with Crippen LogP contribution < -0.4 is 25.6 Å². The summed E-state index contributed by atoms with van der Waals surface area (Å²) in [5.74, 6) is 0.637. The van der Waals surface area contributed by atoms with Crippen molar-refractivity contribution in [3.8, 4) is 11.5 Å². The van der Waals surface area contributed by atoms with E-state index in [1.165, 1.54) is 0 Å². The molecule has 0 saturated carbocycles. The molecular formula is C29H31NO4. The number of carboxylic acid groups (broad SMARTS) is 1. The van der Waals surface area contributed by atoms with Gasteiger partial charge >= 0.3 is 5.97 Å². The Hall–Kier alpha value is -3.99. The minimum Gasteiger partial charge on any atom is -0.497 e. The molecule has 3 rings (SSSR count). The van der Waals surface area contributed by atoms with Crippen molar-refractivity contribution in [1.29, 1.82) is 0 Å². The van der Waals surface area contributed by atoms with Crippen LogP contribution in [0.1, 0.15) is 42.9 Å². The molecule has 3 aromatic rings. The van der Waals surface area contributed by atoms with Crippen LogP contribution in [0.3, 0.4) is 0 Å². The van der Waals surface area contributed by atoms with Gasteiger partial charge in [-0.05, 0) is 83.3 Å². The molecule has 3 aromatic carbocycles. The highest BCUT2D eigenvalue weighted by Crippen LogP contribution is 2.15. The maximum Gasteiger partial charge on any atom is 0.331 e. The van der Waals surface area contributed by atoms with Crippen LogP contribution in [0.15, 0.2) is 66.2 Å². The predicted molar refractivity (Wildman–Crippen MR) is 138 cm³/mol. The first kappa shape index (κ1) is 24.6. The van der Waals surface area contributed by atoms with Crippen LogP contribution in [0.5, 0.6) is 11.5 Å². The molecule has 0 saturated heterocycles. The normalized spacial score (nSPS) is 12.6. The highest BCUT2D eigenvalue weighted by Gasteiger charge is 2.09. The highest BCUT2D eigenvalue weighted by molar-refractivity contribution is 5.92. The summed E-state index contributed by atoms with van der Waals surface area (Å²) in [4.78, 5) is 11.9. The lowest BCUT2D eigenvalue weighted by atomic mass is 9.99. The summed E-state index contributed by atoms with van der Waals surface area (Å²) in [7, 11) is 3.26. The monoisotopic (exact) mass is 457 g/mol. The fourth-order valence-corrected chi connectivity index (χ4v) is 3.65. The molecule has 34 heavy (non-hydrogen) atoms. The zero-order valence-electron chi connectivity index (χ0n) is 19.9. The van der Waals surface area contributed by atoms with Crippen LogP contribution in [-0.2, 0) is 4.79 Å². The number of anilines is 1. The fourth-order valence-electron chi connectivity index (χ4n) is 3.65. The second-order valence-corrected chi connectivity index (χ2v) is 7.98. The molecular weight excluding hydrogens is 426 g/mol. The number of nitrogens with two attached hydrogens (primary N) is 1. The largest absolute Gasteiger partial charge is 0.497 e. The average molecular weight is 458 g/mol. The minimum absolute atomic E-state index is 0.381. The van der Waals surface area contributed by atoms with Gasteiger partial charge < -0.3 is 20.3 Å². The Kier molecular flexibility index (Phi) is 8.52. The molecule has 176 valence electrons. The van der Waals surface area contributed by atoms with Crippen molar-refractivity contribution in [3.63, 3.8) is 0 Å². The molecule has 0 aliphatic rings. The predicted octanol–water partition coefficient (Wildman–Crippen LogP) is 4.60. The Balaban J connectivity index is 2.28. The van der Waals surface area contributed by atoms with Crippen molar-refractivity contribution >= 4 is 29.9 Å². The highest BCUT2D eigenvalue weighted by atomic mass is 16.5. The van der Waals surface area contributed by atoms with Gasteiger partial charge in [-0.3, -0.25) is 0 Å². The molecule has 3 N–H and O–H groups in total. The van der Waals surface area contributed by atoms with Crippen LogP contribution >= 0.6 is 0 Å². The van der Waals surface area contributed by atoms with Gasteiger partial charge in [-0.25, -0.2) is 4.79 Å². The van der Waals surface area contributed by atoms with Gasteiger partial charge in [-0.15, -0.1) is 0 Å². The summed E-state index contributed by atoms with van der Waals surface area (Å²) < 4.78 is 10.5. The van der Waals surface area contributed by atoms with Gasteiger partial charge in [0.2, 0.25) is 0 Å². The van der Waals surface area contributed by atoms with E-state index in [-0.39, 0.29) is 0 Å². The summed E-state index contributed by atoms with van der Waals surface area (Å²) in [6.07, 6.45) is 8.04. The Morgan fingerprint density at radius 1 is 0.853 bits per heavy atom. The van der Waals surface area contributed by atoms with E-state index in [4.69, 9.17) is 15.2 Å². The maximum atomic E-state index is 11.9. The van der Waals surface area contributed by atoms with Gasteiger partial charge in [0.1, 0.15) is 11.5 Å². The summed E-state index contributed by atoms with van der Waals surface area (Å²) in [5, 5.41) is 11.5. The zero-order chi connectivity index (χ0) is 24.5. The number of nitrogen functional groups attached to an aromatic ring is 1. The van der Waals surface area contributed by atoms with Gasteiger partial charge in [-0.2, -0.15) is 0 Å². The molecule has 0 aliphatic heterocycles. The second-order valence-electron chi connectivity index (χ2n) is 7.98. The average Bonchev–Trinajstić information content (AvgIpc) is 2.85. The third-order valence-corrected chi connectivity index (χ3v) is 5.61. The van der Waals surface area contributed by atoms with Crippen molar-refractivity contribution in [2.45, 2.75) is 26.2 Å². The zero-order valence-corrected chi connectivity index (χ0v) is 19.9. The van der Waals surface area contributed by atoms with Crippen LogP contribution in [0.25, 0.3) is 18.2 Å². The minimum atomic E-state index is -0.902. The van der Waals surface area contributed by atoms with Crippen molar-refractivity contribution in [1.82, 2.24) is 0 Å². The van der Waals surface area contributed by atoms with E-state index in [2.05, 4.69) is 0 Å². The lowest BCUT2D eigenvalue weighted by molar-refractivity contribution is -0.132. The molecule has 5 heteroatoms. The van der Waals surface area contributed by atoms with E-state index in [0.29, 0.717) is 17.7 Å². The number of hydrogen-bond donors (Lipinski definition) is 2. The summed E-state index contributed by atoms with van der Waals surface area (Å²) in [6, 6.07) is 19.1. The third kappa shape index (κ3) is 6.29. The van der Waals surface area contributed by atoms with Crippen LogP contribution in [-0.4, -0.2) is 25.3 Å². The Morgan fingerprint density at radius 3 is 1.85 bits per heavy atom. The molecule has 0 unspecified atom stereocenters. The van der Waals surface area contributed by atoms with Gasteiger partial charge in [0.15, 0.2) is 0 Å². The lowest BCUT2D eigenvalue weighted by Gasteiger charge is -2.07.